The van der Waals surface area contributed by atoms with Crippen molar-refractivity contribution in [3.8, 4) is 0 Å². The number of nitrogens with zero attached hydrogens (tertiary/aromatic N) is 9. The third-order valence-corrected chi connectivity index (χ3v) is 4.93. The van der Waals surface area contributed by atoms with Gasteiger partial charge in [0.1, 0.15) is 29.5 Å². The molecule has 0 bridgehead atoms. The van der Waals surface area contributed by atoms with E-state index >= 15 is 0 Å². The van der Waals surface area contributed by atoms with E-state index in [9.17, 15) is 95.4 Å². The molecule has 43 heavy (non-hydrogen) atoms. The van der Waals surface area contributed by atoms with Crippen molar-refractivity contribution in [2.75, 3.05) is 26.4 Å². The summed E-state index contributed by atoms with van der Waals surface area (Å²) in [5, 5.41) is 100. The summed E-state index contributed by atoms with van der Waals surface area (Å²) in [6.45, 7) is -9.76. The fraction of sp³-hybridized carbons (Fsp3) is 1.00. The molecule has 0 spiro atoms. The van der Waals surface area contributed by atoms with Crippen LogP contribution in [0, 0.1) is 91.0 Å². The zero-order chi connectivity index (χ0) is 34.4. The number of hydrogen-bond acceptors (Lipinski definition) is 22. The maximum atomic E-state index is 14.4. The topological polar surface area (TPSA) is 425 Å². The Hall–Kier alpha value is -5.63. The van der Waals surface area contributed by atoms with Crippen LogP contribution < -0.4 is 0 Å². The van der Waals surface area contributed by atoms with E-state index in [2.05, 4.69) is 18.9 Å². The quantitative estimate of drug-likeness (QED) is 0.0557. The molecule has 0 aliphatic rings. The Morgan fingerprint density at radius 3 is 0.930 bits per heavy atom. The van der Waals surface area contributed by atoms with E-state index < -0.39 is 99.9 Å². The molecule has 0 heterocycles. The summed E-state index contributed by atoms with van der Waals surface area (Å²) in [5.74, 6) is -9.87. The van der Waals surface area contributed by atoms with E-state index in [4.69, 9.17) is 0 Å². The molecule has 0 aromatic heterocycles. The second-order valence-corrected chi connectivity index (χ2v) is 7.90. The summed E-state index contributed by atoms with van der Waals surface area (Å²) < 4.78 is 31.6. The van der Waals surface area contributed by atoms with Gasteiger partial charge in [0.05, 0.1) is 13.8 Å². The first kappa shape index (κ1) is 37.4. The van der Waals surface area contributed by atoms with Crippen molar-refractivity contribution >= 4 is 0 Å². The number of hydrogen-bond donors (Lipinski definition) is 0. The minimum absolute atomic E-state index is 0.0960. The van der Waals surface area contributed by atoms with Gasteiger partial charge >= 0.3 is 29.2 Å². The van der Waals surface area contributed by atoms with Crippen LogP contribution in [0.25, 0.3) is 0 Å². The highest BCUT2D eigenvalue weighted by molar-refractivity contribution is 4.65. The monoisotopic (exact) mass is 643 g/mol. The first-order chi connectivity index (χ1) is 19.3. The molecule has 0 saturated carbocycles. The zero-order valence-electron chi connectivity index (χ0n) is 20.7. The van der Waals surface area contributed by atoms with Gasteiger partial charge in [0, 0.05) is 0 Å². The highest BCUT2D eigenvalue weighted by Gasteiger charge is 2.73. The molecule has 242 valence electrons. The molecular formula is C11H14FN9O22. The Kier molecular flexibility index (Phi) is 11.2. The standard InChI is InChI=1S/C11H14FN9O22/c1-7(13(22)23,14(24)25)3-40-11(41-4-8(2,15(26)27)16(28)29,42-5-9(12,17(30)31)18(32)33)43-6-10(19(34)35,20(36)37)21(38)39/h3-6H2,1-2H3. The molecule has 0 radical (unpaired) electrons. The van der Waals surface area contributed by atoms with Crippen molar-refractivity contribution in [1.29, 1.82) is 0 Å². The lowest BCUT2D eigenvalue weighted by molar-refractivity contribution is -0.972. The van der Waals surface area contributed by atoms with E-state index in [0.717, 1.165) is 0 Å². The van der Waals surface area contributed by atoms with Crippen LogP contribution in [0.1, 0.15) is 13.8 Å². The lowest BCUT2D eigenvalue weighted by Gasteiger charge is -2.32. The van der Waals surface area contributed by atoms with Crippen molar-refractivity contribution < 1.29 is 67.6 Å². The molecule has 0 N–H and O–H groups in total. The third-order valence-electron chi connectivity index (χ3n) is 4.93. The van der Waals surface area contributed by atoms with Crippen molar-refractivity contribution in [3.63, 3.8) is 0 Å². The highest BCUT2D eigenvalue weighted by atomic mass is 19.2. The van der Waals surface area contributed by atoms with Gasteiger partial charge in [0.2, 0.25) is 6.61 Å². The Labute approximate surface area is 229 Å². The van der Waals surface area contributed by atoms with Gasteiger partial charge in [0.15, 0.2) is 28.0 Å². The summed E-state index contributed by atoms with van der Waals surface area (Å²) in [5.41, 5.74) is -7.33. The van der Waals surface area contributed by atoms with Gasteiger partial charge in [-0.1, -0.05) is 4.39 Å². The van der Waals surface area contributed by atoms with Gasteiger partial charge in [0.25, 0.3) is 6.61 Å². The predicted octanol–water partition coefficient (Wildman–Crippen LogP) is -2.14. The Morgan fingerprint density at radius 2 is 0.698 bits per heavy atom. The second-order valence-electron chi connectivity index (χ2n) is 7.90. The Bertz CT molecular complexity index is 1040. The number of rotatable bonds is 21. The molecule has 0 saturated heterocycles. The van der Waals surface area contributed by atoms with Crippen molar-refractivity contribution in [1.82, 2.24) is 0 Å². The molecule has 0 aliphatic heterocycles. The maximum absolute atomic E-state index is 14.4. The molecule has 0 aliphatic carbocycles. The van der Waals surface area contributed by atoms with E-state index in [0.29, 0.717) is 0 Å². The van der Waals surface area contributed by atoms with Gasteiger partial charge in [-0.25, -0.2) is 0 Å². The van der Waals surface area contributed by atoms with E-state index in [1.54, 1.807) is 0 Å². The molecule has 0 atom stereocenters. The average molecular weight is 643 g/mol. The first-order valence-corrected chi connectivity index (χ1v) is 9.87. The van der Waals surface area contributed by atoms with Gasteiger partial charge in [-0.15, -0.1) is 0 Å². The van der Waals surface area contributed by atoms with Gasteiger partial charge < -0.3 is 0 Å². The van der Waals surface area contributed by atoms with E-state index in [-0.39, 0.29) is 13.8 Å². The van der Waals surface area contributed by atoms with Crippen LogP contribution in [0.15, 0.2) is 0 Å². The minimum Gasteiger partial charge on any atom is -0.288 e. The van der Waals surface area contributed by atoms with Crippen molar-refractivity contribution in [2.45, 2.75) is 43.0 Å². The lowest BCUT2D eigenvalue weighted by atomic mass is 10.2. The molecule has 32 heteroatoms. The molecule has 0 aromatic rings. The SMILES string of the molecule is CC(COC(OCC(C)([N+](=O)[O-])[N+](=O)[O-])(OCC(F)([N+](=O)[O-])[N+](=O)[O-])OCC([N+](=O)[O-])([N+](=O)[O-])[N+](=O)[O-])([N+](=O)[O-])[N+](=O)[O-]. The zero-order valence-corrected chi connectivity index (χ0v) is 20.7. The smallest absolute Gasteiger partial charge is 0.288 e. The summed E-state index contributed by atoms with van der Waals surface area (Å²) >= 11 is 0. The van der Waals surface area contributed by atoms with Crippen LogP contribution in [0.2, 0.25) is 0 Å². The maximum Gasteiger partial charge on any atom is 0.723 e. The van der Waals surface area contributed by atoms with Crippen LogP contribution in [-0.2, 0) is 18.9 Å². The minimum atomic E-state index is -5.07. The molecular weight excluding hydrogens is 629 g/mol. The Balaban J connectivity index is 7.39. The number of halogens is 1. The normalized spacial score (nSPS) is 12.6. The molecule has 0 rings (SSSR count). The summed E-state index contributed by atoms with van der Waals surface area (Å²) in [7, 11) is 0. The van der Waals surface area contributed by atoms with Crippen LogP contribution in [0.3, 0.4) is 0 Å². The molecule has 0 amide bonds. The molecule has 0 fully saturated rings. The number of alkyl halides is 1. The van der Waals surface area contributed by atoms with Crippen LogP contribution >= 0.6 is 0 Å². The van der Waals surface area contributed by atoms with Crippen LogP contribution in [0.5, 0.6) is 0 Å². The van der Waals surface area contributed by atoms with Crippen LogP contribution in [0.4, 0.5) is 4.39 Å². The molecule has 31 nitrogen and oxygen atoms in total. The van der Waals surface area contributed by atoms with Crippen molar-refractivity contribution in [2.24, 2.45) is 0 Å². The largest absolute Gasteiger partial charge is 0.723 e. The predicted molar refractivity (Wildman–Crippen MR) is 113 cm³/mol. The van der Waals surface area contributed by atoms with Crippen molar-refractivity contribution in [3.05, 3.63) is 91.0 Å². The van der Waals surface area contributed by atoms with Gasteiger partial charge in [-0.2, -0.15) is 0 Å². The van der Waals surface area contributed by atoms with Crippen LogP contribution in [-0.4, -0.2) is 99.9 Å². The summed E-state index contributed by atoms with van der Waals surface area (Å²) in [4.78, 5) is 81.7. The highest BCUT2D eigenvalue weighted by Crippen LogP contribution is 2.29. The fourth-order valence-corrected chi connectivity index (χ4v) is 1.94. The third kappa shape index (κ3) is 7.37. The molecule has 0 unspecified atom stereocenters. The number of nitro groups is 9. The fourth-order valence-electron chi connectivity index (χ4n) is 1.94. The second kappa shape index (κ2) is 12.9. The molecule has 0 aromatic carbocycles. The van der Waals surface area contributed by atoms with Gasteiger partial charge in [-0.05, 0) is 0 Å². The van der Waals surface area contributed by atoms with E-state index in [1.165, 1.54) is 0 Å². The Morgan fingerprint density at radius 1 is 0.442 bits per heavy atom. The summed E-state index contributed by atoms with van der Waals surface area (Å²) in [6, 6.07) is 0. The van der Waals surface area contributed by atoms with Gasteiger partial charge in [-0.3, -0.25) is 110 Å². The van der Waals surface area contributed by atoms with E-state index in [1.807, 2.05) is 0 Å². The first-order valence-electron chi connectivity index (χ1n) is 9.87. The lowest BCUT2D eigenvalue weighted by Crippen LogP contribution is -2.61. The summed E-state index contributed by atoms with van der Waals surface area (Å²) in [6.07, 6.45) is -4.59. The average Bonchev–Trinajstić information content (AvgIpc) is 2.87. The number of ether oxygens (including phenoxy) is 4.